The molecule has 0 saturated heterocycles. The molecule has 0 N–H and O–H groups in total. The van der Waals surface area contributed by atoms with Crippen molar-refractivity contribution in [2.24, 2.45) is 0 Å². The molecule has 0 radical (unpaired) electrons. The van der Waals surface area contributed by atoms with Gasteiger partial charge in [-0.1, -0.05) is 176 Å². The summed E-state index contributed by atoms with van der Waals surface area (Å²) in [6.07, 6.45) is 0. The lowest BCUT2D eigenvalue weighted by Gasteiger charge is -2.19. The van der Waals surface area contributed by atoms with Gasteiger partial charge in [0.15, 0.2) is 5.82 Å². The number of benzene rings is 10. The molecule has 4 heteroatoms. The van der Waals surface area contributed by atoms with Crippen molar-refractivity contribution in [2.75, 3.05) is 0 Å². The predicted molar refractivity (Wildman–Crippen MR) is 285 cm³/mol. The fourth-order valence-corrected chi connectivity index (χ4v) is 11.1. The van der Waals surface area contributed by atoms with Crippen LogP contribution in [0.4, 0.5) is 0 Å². The van der Waals surface area contributed by atoms with Gasteiger partial charge in [-0.25, -0.2) is 9.97 Å². The Bertz CT molecular complexity index is 4020. The van der Waals surface area contributed by atoms with Crippen molar-refractivity contribution in [2.45, 2.75) is 5.92 Å². The number of hydrogen-bond donors (Lipinski definition) is 0. The summed E-state index contributed by atoms with van der Waals surface area (Å²) in [5, 5.41) is 4.90. The molecule has 0 bridgehead atoms. The van der Waals surface area contributed by atoms with Gasteiger partial charge in [0.2, 0.25) is 0 Å². The Kier molecular flexibility index (Phi) is 8.93. The van der Waals surface area contributed by atoms with Gasteiger partial charge in [0.25, 0.3) is 0 Å². The Balaban J connectivity index is 0.988. The van der Waals surface area contributed by atoms with Gasteiger partial charge in [-0.15, -0.1) is 0 Å². The third-order valence-electron chi connectivity index (χ3n) is 14.2. The number of para-hydroxylation sites is 3. The highest BCUT2D eigenvalue weighted by atomic mass is 15.0. The first kappa shape index (κ1) is 39.1. The zero-order valence-corrected chi connectivity index (χ0v) is 37.5. The Hall–Kier alpha value is -9.12. The zero-order valence-electron chi connectivity index (χ0n) is 37.5. The summed E-state index contributed by atoms with van der Waals surface area (Å²) in [7, 11) is 0. The van der Waals surface area contributed by atoms with Crippen molar-refractivity contribution < 1.29 is 0 Å². The minimum absolute atomic E-state index is 0.0302. The molecule has 1 aliphatic rings. The molecule has 0 spiro atoms. The Morgan fingerprint density at radius 2 is 0.754 bits per heavy atom. The average Bonchev–Trinajstić information content (AvgIpc) is 4.07. The van der Waals surface area contributed by atoms with Gasteiger partial charge in [0, 0.05) is 55.5 Å². The quantitative estimate of drug-likeness (QED) is 0.160. The molecule has 0 saturated carbocycles. The molecule has 0 atom stereocenters. The number of rotatable bonds is 7. The summed E-state index contributed by atoms with van der Waals surface area (Å²) in [5.41, 5.74) is 20.6. The van der Waals surface area contributed by atoms with Crippen LogP contribution in [-0.2, 0) is 0 Å². The smallest absolute Gasteiger partial charge is 0.160 e. The van der Waals surface area contributed by atoms with Crippen LogP contribution in [0.1, 0.15) is 22.6 Å². The molecule has 322 valence electrons. The van der Waals surface area contributed by atoms with E-state index in [0.29, 0.717) is 5.82 Å². The molecule has 0 amide bonds. The molecule has 4 nitrogen and oxygen atoms in total. The van der Waals surface area contributed by atoms with E-state index in [9.17, 15) is 0 Å². The topological polar surface area (TPSA) is 35.6 Å². The third kappa shape index (κ3) is 6.37. The molecule has 0 unspecified atom stereocenters. The highest BCUT2D eigenvalue weighted by molar-refractivity contribution is 6.13. The van der Waals surface area contributed by atoms with Crippen LogP contribution >= 0.6 is 0 Å². The zero-order chi connectivity index (χ0) is 45.4. The number of aromatic nitrogens is 4. The second kappa shape index (κ2) is 15.8. The van der Waals surface area contributed by atoms with Crippen LogP contribution in [0.2, 0.25) is 0 Å². The largest absolute Gasteiger partial charge is 0.309 e. The van der Waals surface area contributed by atoms with E-state index >= 15 is 0 Å². The maximum absolute atomic E-state index is 5.39. The minimum Gasteiger partial charge on any atom is -0.309 e. The maximum atomic E-state index is 5.39. The van der Waals surface area contributed by atoms with Crippen molar-refractivity contribution in [3.05, 3.63) is 265 Å². The molecule has 13 aromatic rings. The van der Waals surface area contributed by atoms with E-state index in [-0.39, 0.29) is 5.92 Å². The first-order chi connectivity index (χ1) is 34.2. The molecule has 1 aliphatic carbocycles. The molecule has 3 heterocycles. The van der Waals surface area contributed by atoms with Gasteiger partial charge in [-0.2, -0.15) is 0 Å². The van der Waals surface area contributed by atoms with Gasteiger partial charge >= 0.3 is 0 Å². The fourth-order valence-electron chi connectivity index (χ4n) is 11.1. The lowest BCUT2D eigenvalue weighted by molar-refractivity contribution is 1.01. The molecule has 0 fully saturated rings. The lowest BCUT2D eigenvalue weighted by atomic mass is 9.87. The van der Waals surface area contributed by atoms with Crippen molar-refractivity contribution in [1.82, 2.24) is 19.1 Å². The normalized spacial score (nSPS) is 12.3. The van der Waals surface area contributed by atoms with Gasteiger partial charge in [-0.3, -0.25) is 0 Å². The van der Waals surface area contributed by atoms with E-state index in [0.717, 1.165) is 50.5 Å². The van der Waals surface area contributed by atoms with Crippen LogP contribution in [0.15, 0.2) is 249 Å². The lowest BCUT2D eigenvalue weighted by Crippen LogP contribution is -2.04. The van der Waals surface area contributed by atoms with Crippen molar-refractivity contribution in [3.8, 4) is 67.5 Å². The maximum Gasteiger partial charge on any atom is 0.160 e. The van der Waals surface area contributed by atoms with E-state index in [1.165, 1.54) is 71.5 Å². The van der Waals surface area contributed by atoms with Crippen molar-refractivity contribution in [3.63, 3.8) is 0 Å². The molecule has 14 rings (SSSR count). The van der Waals surface area contributed by atoms with Gasteiger partial charge in [-0.05, 0) is 112 Å². The van der Waals surface area contributed by atoms with E-state index in [4.69, 9.17) is 9.97 Å². The predicted octanol–water partition coefficient (Wildman–Crippen LogP) is 16.5. The van der Waals surface area contributed by atoms with Crippen LogP contribution in [0, 0.1) is 0 Å². The summed E-state index contributed by atoms with van der Waals surface area (Å²) >= 11 is 0. The Morgan fingerprint density at radius 1 is 0.290 bits per heavy atom. The summed E-state index contributed by atoms with van der Waals surface area (Å²) in [5.74, 6) is 0.727. The fraction of sp³-hybridized carbons (Fsp3) is 0.0154. The van der Waals surface area contributed by atoms with E-state index in [2.05, 4.69) is 252 Å². The van der Waals surface area contributed by atoms with Crippen LogP contribution in [0.5, 0.6) is 0 Å². The second-order valence-corrected chi connectivity index (χ2v) is 18.1. The third-order valence-corrected chi connectivity index (χ3v) is 14.2. The monoisotopic (exact) mass is 878 g/mol. The van der Waals surface area contributed by atoms with Gasteiger partial charge in [0.1, 0.15) is 0 Å². The summed E-state index contributed by atoms with van der Waals surface area (Å²) in [4.78, 5) is 10.6. The highest BCUT2D eigenvalue weighted by Gasteiger charge is 2.30. The Labute approximate surface area is 399 Å². The summed E-state index contributed by atoms with van der Waals surface area (Å²) < 4.78 is 4.84. The standard InChI is InChI=1S/C65H42N4/c1-4-18-42(19-5-1)58-41-59(67-65(66-58)43-20-6-2-7-21-43)46-36-47(64-54-28-12-10-24-50(54)51-25-11-13-29-55(51)64)38-49(37-46)69-61-31-17-15-27-53(61)57-40-45(33-35-63(57)69)44-32-34-62-56(39-44)52-26-14-16-30-60(52)68(62)48-22-8-3-9-23-48/h1-41,64H. The molecular weight excluding hydrogens is 837 g/mol. The molecule has 0 aliphatic heterocycles. The molecule has 69 heavy (non-hydrogen) atoms. The molecule has 3 aromatic heterocycles. The number of nitrogens with zero attached hydrogens (tertiary/aromatic N) is 4. The minimum atomic E-state index is 0.0302. The van der Waals surface area contributed by atoms with Crippen LogP contribution in [0.3, 0.4) is 0 Å². The molecule has 10 aromatic carbocycles. The first-order valence-corrected chi connectivity index (χ1v) is 23.7. The first-order valence-electron chi connectivity index (χ1n) is 23.7. The van der Waals surface area contributed by atoms with E-state index < -0.39 is 0 Å². The van der Waals surface area contributed by atoms with Gasteiger partial charge < -0.3 is 9.13 Å². The average molecular weight is 879 g/mol. The van der Waals surface area contributed by atoms with Gasteiger partial charge in [0.05, 0.1) is 33.5 Å². The highest BCUT2D eigenvalue weighted by Crippen LogP contribution is 2.49. The Morgan fingerprint density at radius 3 is 1.35 bits per heavy atom. The SMILES string of the molecule is c1ccc(-c2cc(-c3cc(C4c5ccccc5-c5ccccc54)cc(-n4c5ccccc5c5cc(-c6ccc7c(c6)c6ccccc6n7-c6ccccc6)ccc54)c3)nc(-c3ccccc3)n2)cc1. The summed E-state index contributed by atoms with van der Waals surface area (Å²) in [6, 6.07) is 90.1. The van der Waals surface area contributed by atoms with Crippen molar-refractivity contribution in [1.29, 1.82) is 0 Å². The van der Waals surface area contributed by atoms with Crippen molar-refractivity contribution >= 4 is 43.6 Å². The van der Waals surface area contributed by atoms with Crippen LogP contribution in [0.25, 0.3) is 111 Å². The van der Waals surface area contributed by atoms with Crippen LogP contribution in [-0.4, -0.2) is 19.1 Å². The van der Waals surface area contributed by atoms with Crippen LogP contribution < -0.4 is 0 Å². The van der Waals surface area contributed by atoms with E-state index in [1.807, 2.05) is 6.07 Å². The second-order valence-electron chi connectivity index (χ2n) is 18.1. The number of fused-ring (bicyclic) bond motifs is 9. The summed E-state index contributed by atoms with van der Waals surface area (Å²) in [6.45, 7) is 0. The molecular formula is C65H42N4. The van der Waals surface area contributed by atoms with E-state index in [1.54, 1.807) is 0 Å². The number of hydrogen-bond acceptors (Lipinski definition) is 2.